The quantitative estimate of drug-likeness (QED) is 0.735. The third-order valence-electron chi connectivity index (χ3n) is 4.39. The van der Waals surface area contributed by atoms with Crippen LogP contribution < -0.4 is 0 Å². The van der Waals surface area contributed by atoms with Gasteiger partial charge in [0.1, 0.15) is 0 Å². The highest BCUT2D eigenvalue weighted by atomic mass is 15.3. The van der Waals surface area contributed by atoms with Crippen LogP contribution in [-0.4, -0.2) is 42.0 Å². The van der Waals surface area contributed by atoms with Crippen LogP contribution in [-0.2, 0) is 5.54 Å². The fourth-order valence-electron chi connectivity index (χ4n) is 3.52. The molecule has 96 valence electrons. The van der Waals surface area contributed by atoms with E-state index in [4.69, 9.17) is 0 Å². The Morgan fingerprint density at radius 3 is 2.11 bits per heavy atom. The number of benzene rings is 1. The Kier molecular flexibility index (Phi) is 2.80. The van der Waals surface area contributed by atoms with E-state index in [0.717, 1.165) is 13.1 Å². The number of piperazine rings is 1. The summed E-state index contributed by atoms with van der Waals surface area (Å²) in [7, 11) is 2.22. The van der Waals surface area contributed by atoms with Crippen molar-refractivity contribution < 1.29 is 0 Å². The molecule has 2 aliphatic heterocycles. The van der Waals surface area contributed by atoms with Gasteiger partial charge in [-0.15, -0.1) is 0 Å². The van der Waals surface area contributed by atoms with Crippen molar-refractivity contribution in [1.82, 2.24) is 9.80 Å². The first-order chi connectivity index (χ1) is 8.59. The van der Waals surface area contributed by atoms with Crippen LogP contribution in [0, 0.1) is 0 Å². The second-order valence-corrected chi connectivity index (χ2v) is 6.07. The van der Waals surface area contributed by atoms with Crippen LogP contribution in [0.1, 0.15) is 19.4 Å². The van der Waals surface area contributed by atoms with Crippen molar-refractivity contribution >= 4 is 0 Å². The molecule has 0 amide bonds. The minimum Gasteiger partial charge on any atom is -0.303 e. The molecular weight excluding hydrogens is 220 g/mol. The van der Waals surface area contributed by atoms with Crippen LogP contribution in [0.4, 0.5) is 0 Å². The normalized spacial score (nSPS) is 28.8. The maximum Gasteiger partial charge on any atom is 0.0421 e. The van der Waals surface area contributed by atoms with Crippen molar-refractivity contribution in [3.8, 4) is 0 Å². The number of rotatable bonds is 2. The standard InChI is InChI=1S/C16H22N2/c1-16(2,13-7-5-4-6-8-13)18-14-9-10-15(18)12-17(3)11-14/h4-10,14-15H,11-12H2,1-3H3. The average molecular weight is 242 g/mol. The maximum atomic E-state index is 2.67. The average Bonchev–Trinajstić information content (AvgIpc) is 2.64. The van der Waals surface area contributed by atoms with E-state index < -0.39 is 0 Å². The molecule has 2 heteroatoms. The van der Waals surface area contributed by atoms with E-state index in [1.807, 2.05) is 0 Å². The van der Waals surface area contributed by atoms with Gasteiger partial charge in [0.25, 0.3) is 0 Å². The molecule has 0 N–H and O–H groups in total. The fraction of sp³-hybridized carbons (Fsp3) is 0.500. The van der Waals surface area contributed by atoms with Gasteiger partial charge in [-0.1, -0.05) is 42.5 Å². The number of hydrogen-bond donors (Lipinski definition) is 0. The van der Waals surface area contributed by atoms with Crippen molar-refractivity contribution in [2.75, 3.05) is 20.1 Å². The summed E-state index contributed by atoms with van der Waals surface area (Å²) in [5.41, 5.74) is 1.51. The fourth-order valence-corrected chi connectivity index (χ4v) is 3.52. The molecule has 18 heavy (non-hydrogen) atoms. The molecule has 0 radical (unpaired) electrons. The lowest BCUT2D eigenvalue weighted by atomic mass is 9.89. The van der Waals surface area contributed by atoms with Gasteiger partial charge in [0.15, 0.2) is 0 Å². The minimum atomic E-state index is 0.0986. The van der Waals surface area contributed by atoms with E-state index in [2.05, 4.69) is 73.2 Å². The number of nitrogens with zero attached hydrogens (tertiary/aromatic N) is 2. The first kappa shape index (κ1) is 11.9. The highest BCUT2D eigenvalue weighted by molar-refractivity contribution is 5.27. The maximum absolute atomic E-state index is 2.67. The molecule has 1 fully saturated rings. The van der Waals surface area contributed by atoms with E-state index in [-0.39, 0.29) is 5.54 Å². The van der Waals surface area contributed by atoms with E-state index in [0.29, 0.717) is 12.1 Å². The van der Waals surface area contributed by atoms with E-state index >= 15 is 0 Å². The molecule has 2 heterocycles. The number of likely N-dealkylation sites (N-methyl/N-ethyl adjacent to an activating group) is 1. The van der Waals surface area contributed by atoms with Crippen molar-refractivity contribution in [1.29, 1.82) is 0 Å². The molecule has 0 aliphatic carbocycles. The van der Waals surface area contributed by atoms with Gasteiger partial charge in [-0.2, -0.15) is 0 Å². The zero-order chi connectivity index (χ0) is 12.8. The molecule has 0 spiro atoms. The first-order valence-corrected chi connectivity index (χ1v) is 6.80. The van der Waals surface area contributed by atoms with Crippen LogP contribution in [0.3, 0.4) is 0 Å². The highest BCUT2D eigenvalue weighted by Crippen LogP contribution is 2.37. The molecule has 1 aromatic rings. The molecule has 2 bridgehead atoms. The van der Waals surface area contributed by atoms with Gasteiger partial charge in [-0.3, -0.25) is 4.90 Å². The second kappa shape index (κ2) is 4.22. The predicted molar refractivity (Wildman–Crippen MR) is 75.5 cm³/mol. The number of hydrogen-bond acceptors (Lipinski definition) is 2. The summed E-state index contributed by atoms with van der Waals surface area (Å²) in [6.45, 7) is 6.98. The summed E-state index contributed by atoms with van der Waals surface area (Å²) in [5, 5.41) is 0. The van der Waals surface area contributed by atoms with Crippen molar-refractivity contribution in [3.05, 3.63) is 48.0 Å². The highest BCUT2D eigenvalue weighted by Gasteiger charge is 2.43. The van der Waals surface area contributed by atoms with E-state index in [1.54, 1.807) is 0 Å². The van der Waals surface area contributed by atoms with Gasteiger partial charge < -0.3 is 4.90 Å². The summed E-state index contributed by atoms with van der Waals surface area (Å²) in [4.78, 5) is 5.11. The SMILES string of the molecule is CN1CC2C=CC(C1)N2C(C)(C)c1ccccc1. The monoisotopic (exact) mass is 242 g/mol. The lowest BCUT2D eigenvalue weighted by Crippen LogP contribution is -2.59. The molecule has 2 unspecified atom stereocenters. The third-order valence-corrected chi connectivity index (χ3v) is 4.39. The molecule has 2 atom stereocenters. The zero-order valence-corrected chi connectivity index (χ0v) is 11.5. The molecule has 1 aromatic carbocycles. The lowest BCUT2D eigenvalue weighted by Gasteiger charge is -2.49. The summed E-state index contributed by atoms with van der Waals surface area (Å²) in [6, 6.07) is 12.0. The van der Waals surface area contributed by atoms with Crippen LogP contribution in [0.25, 0.3) is 0 Å². The first-order valence-electron chi connectivity index (χ1n) is 6.80. The smallest absolute Gasteiger partial charge is 0.0421 e. The molecule has 2 nitrogen and oxygen atoms in total. The largest absolute Gasteiger partial charge is 0.303 e. The minimum absolute atomic E-state index is 0.0986. The Labute approximate surface area is 110 Å². The Bertz CT molecular complexity index is 433. The summed E-state index contributed by atoms with van der Waals surface area (Å²) < 4.78 is 0. The summed E-state index contributed by atoms with van der Waals surface area (Å²) >= 11 is 0. The predicted octanol–water partition coefficient (Wildman–Crippen LogP) is 2.48. The van der Waals surface area contributed by atoms with E-state index in [9.17, 15) is 0 Å². The Balaban J connectivity index is 1.92. The van der Waals surface area contributed by atoms with Gasteiger partial charge in [-0.05, 0) is 26.5 Å². The lowest BCUT2D eigenvalue weighted by molar-refractivity contribution is 0.0100. The van der Waals surface area contributed by atoms with Crippen LogP contribution in [0.2, 0.25) is 0 Å². The van der Waals surface area contributed by atoms with Gasteiger partial charge in [0.2, 0.25) is 0 Å². The molecular formula is C16H22N2. The summed E-state index contributed by atoms with van der Waals surface area (Å²) in [5.74, 6) is 0. The van der Waals surface area contributed by atoms with Gasteiger partial charge in [0, 0.05) is 30.7 Å². The second-order valence-electron chi connectivity index (χ2n) is 6.07. The van der Waals surface area contributed by atoms with E-state index in [1.165, 1.54) is 5.56 Å². The van der Waals surface area contributed by atoms with Crippen LogP contribution in [0.15, 0.2) is 42.5 Å². The molecule has 0 saturated carbocycles. The van der Waals surface area contributed by atoms with Crippen molar-refractivity contribution in [2.45, 2.75) is 31.5 Å². The van der Waals surface area contributed by atoms with Crippen LogP contribution in [0.5, 0.6) is 0 Å². The van der Waals surface area contributed by atoms with Crippen molar-refractivity contribution in [2.24, 2.45) is 0 Å². The van der Waals surface area contributed by atoms with Crippen LogP contribution >= 0.6 is 0 Å². The topological polar surface area (TPSA) is 6.48 Å². The summed E-state index contributed by atoms with van der Waals surface area (Å²) in [6.07, 6.45) is 4.78. The van der Waals surface area contributed by atoms with Gasteiger partial charge >= 0.3 is 0 Å². The molecule has 3 rings (SSSR count). The van der Waals surface area contributed by atoms with Crippen molar-refractivity contribution in [3.63, 3.8) is 0 Å². The molecule has 2 aliphatic rings. The Morgan fingerprint density at radius 1 is 1.00 bits per heavy atom. The molecule has 1 saturated heterocycles. The Morgan fingerprint density at radius 2 is 1.56 bits per heavy atom. The van der Waals surface area contributed by atoms with Gasteiger partial charge in [0.05, 0.1) is 0 Å². The number of fused-ring (bicyclic) bond motifs is 2. The third kappa shape index (κ3) is 1.80. The Hall–Kier alpha value is -1.12. The van der Waals surface area contributed by atoms with Gasteiger partial charge in [-0.25, -0.2) is 0 Å². The molecule has 0 aromatic heterocycles. The zero-order valence-electron chi connectivity index (χ0n) is 11.5.